The third kappa shape index (κ3) is 3.76. The first kappa shape index (κ1) is 13.0. The molecule has 1 aliphatic rings. The average Bonchev–Trinajstić information content (AvgIpc) is 2.28. The van der Waals surface area contributed by atoms with Crippen LogP contribution in [0.2, 0.25) is 0 Å². The summed E-state index contributed by atoms with van der Waals surface area (Å²) >= 11 is 0. The van der Waals surface area contributed by atoms with Gasteiger partial charge in [-0.2, -0.15) is 0 Å². The van der Waals surface area contributed by atoms with Crippen molar-refractivity contribution in [3.05, 3.63) is 0 Å². The van der Waals surface area contributed by atoms with E-state index < -0.39 is 0 Å². The maximum absolute atomic E-state index is 3.43. The molecule has 1 fully saturated rings. The number of nitrogens with zero attached hydrogens (tertiary/aromatic N) is 1. The van der Waals surface area contributed by atoms with Crippen LogP contribution in [0, 0.1) is 0 Å². The Morgan fingerprint density at radius 2 is 2.13 bits per heavy atom. The van der Waals surface area contributed by atoms with Crippen molar-refractivity contribution in [2.75, 3.05) is 14.1 Å². The minimum Gasteiger partial charge on any atom is -0.317 e. The molecule has 0 amide bonds. The van der Waals surface area contributed by atoms with E-state index >= 15 is 0 Å². The molecule has 1 N–H and O–H groups in total. The van der Waals surface area contributed by atoms with E-state index in [4.69, 9.17) is 0 Å². The predicted octanol–water partition coefficient (Wildman–Crippen LogP) is 2.64. The lowest BCUT2D eigenvalue weighted by Crippen LogP contribution is -2.45. The molecule has 3 unspecified atom stereocenters. The topological polar surface area (TPSA) is 15.3 Å². The van der Waals surface area contributed by atoms with Crippen molar-refractivity contribution < 1.29 is 0 Å². The van der Waals surface area contributed by atoms with E-state index in [1.807, 2.05) is 0 Å². The largest absolute Gasteiger partial charge is 0.317 e. The van der Waals surface area contributed by atoms with Crippen LogP contribution in [0.25, 0.3) is 0 Å². The molecule has 0 bridgehead atoms. The standard InChI is InChI=1S/C13H28N2/c1-5-7-11(2)15(4)13-9-6-8-12(10-13)14-3/h11-14H,5-10H2,1-4H3. The van der Waals surface area contributed by atoms with Crippen LogP contribution in [-0.4, -0.2) is 37.1 Å². The second-order valence-corrected chi connectivity index (χ2v) is 5.11. The van der Waals surface area contributed by atoms with Crippen LogP contribution in [0.15, 0.2) is 0 Å². The lowest BCUT2D eigenvalue weighted by atomic mass is 9.89. The van der Waals surface area contributed by atoms with Gasteiger partial charge in [-0.1, -0.05) is 19.8 Å². The second kappa shape index (κ2) is 6.49. The summed E-state index contributed by atoms with van der Waals surface area (Å²) in [6, 6.07) is 2.30. The van der Waals surface area contributed by atoms with Gasteiger partial charge in [-0.3, -0.25) is 0 Å². The van der Waals surface area contributed by atoms with Gasteiger partial charge in [-0.15, -0.1) is 0 Å². The summed E-state index contributed by atoms with van der Waals surface area (Å²) in [4.78, 5) is 2.60. The van der Waals surface area contributed by atoms with Crippen molar-refractivity contribution in [1.82, 2.24) is 10.2 Å². The average molecular weight is 212 g/mol. The molecule has 0 aliphatic heterocycles. The molecular weight excluding hydrogens is 184 g/mol. The van der Waals surface area contributed by atoms with Crippen molar-refractivity contribution in [3.63, 3.8) is 0 Å². The lowest BCUT2D eigenvalue weighted by molar-refractivity contribution is 0.127. The predicted molar refractivity (Wildman–Crippen MR) is 67.2 cm³/mol. The molecule has 1 saturated carbocycles. The Kier molecular flexibility index (Phi) is 5.62. The molecule has 0 aromatic carbocycles. The summed E-state index contributed by atoms with van der Waals surface area (Å²) in [5.74, 6) is 0. The van der Waals surface area contributed by atoms with Gasteiger partial charge in [0.25, 0.3) is 0 Å². The van der Waals surface area contributed by atoms with Crippen molar-refractivity contribution in [2.24, 2.45) is 0 Å². The van der Waals surface area contributed by atoms with E-state index in [9.17, 15) is 0 Å². The lowest BCUT2D eigenvalue weighted by Gasteiger charge is -2.38. The first-order valence-electron chi connectivity index (χ1n) is 6.58. The summed E-state index contributed by atoms with van der Waals surface area (Å²) in [6.45, 7) is 4.65. The number of rotatable bonds is 5. The normalized spacial score (nSPS) is 29.4. The van der Waals surface area contributed by atoms with Crippen LogP contribution < -0.4 is 5.32 Å². The molecule has 2 nitrogen and oxygen atoms in total. The molecule has 3 atom stereocenters. The first-order valence-corrected chi connectivity index (χ1v) is 6.58. The number of hydrogen-bond donors (Lipinski definition) is 1. The van der Waals surface area contributed by atoms with Gasteiger partial charge in [-0.05, 0) is 46.7 Å². The molecule has 15 heavy (non-hydrogen) atoms. The van der Waals surface area contributed by atoms with Gasteiger partial charge < -0.3 is 10.2 Å². The summed E-state index contributed by atoms with van der Waals surface area (Å²) in [7, 11) is 4.41. The molecular formula is C13H28N2. The molecule has 0 aromatic rings. The highest BCUT2D eigenvalue weighted by Crippen LogP contribution is 2.24. The first-order chi connectivity index (χ1) is 7.19. The smallest absolute Gasteiger partial charge is 0.0110 e. The zero-order chi connectivity index (χ0) is 11.3. The molecule has 0 saturated heterocycles. The van der Waals surface area contributed by atoms with E-state index in [1.54, 1.807) is 0 Å². The van der Waals surface area contributed by atoms with Gasteiger partial charge >= 0.3 is 0 Å². The van der Waals surface area contributed by atoms with E-state index in [0.717, 1.165) is 18.1 Å². The third-order valence-corrected chi connectivity index (χ3v) is 4.03. The highest BCUT2D eigenvalue weighted by atomic mass is 15.2. The van der Waals surface area contributed by atoms with Gasteiger partial charge in [0.15, 0.2) is 0 Å². The van der Waals surface area contributed by atoms with E-state index in [2.05, 4.69) is 38.2 Å². The maximum atomic E-state index is 3.43. The van der Waals surface area contributed by atoms with Gasteiger partial charge in [0.05, 0.1) is 0 Å². The fourth-order valence-corrected chi connectivity index (χ4v) is 2.78. The molecule has 0 radical (unpaired) electrons. The number of nitrogens with one attached hydrogen (secondary N) is 1. The monoisotopic (exact) mass is 212 g/mol. The van der Waals surface area contributed by atoms with Gasteiger partial charge in [0, 0.05) is 18.1 Å². The molecule has 0 heterocycles. The van der Waals surface area contributed by atoms with Crippen molar-refractivity contribution >= 4 is 0 Å². The van der Waals surface area contributed by atoms with Crippen molar-refractivity contribution in [1.29, 1.82) is 0 Å². The van der Waals surface area contributed by atoms with Crippen LogP contribution in [0.5, 0.6) is 0 Å². The minimum atomic E-state index is 0.746. The van der Waals surface area contributed by atoms with E-state index in [1.165, 1.54) is 38.5 Å². The fourth-order valence-electron chi connectivity index (χ4n) is 2.78. The zero-order valence-corrected chi connectivity index (χ0v) is 10.9. The van der Waals surface area contributed by atoms with Crippen LogP contribution in [0.1, 0.15) is 52.4 Å². The van der Waals surface area contributed by atoms with Crippen LogP contribution in [-0.2, 0) is 0 Å². The Hall–Kier alpha value is -0.0800. The molecule has 1 rings (SSSR count). The quantitative estimate of drug-likeness (QED) is 0.753. The molecule has 2 heteroatoms. The van der Waals surface area contributed by atoms with E-state index in [-0.39, 0.29) is 0 Å². The maximum Gasteiger partial charge on any atom is 0.0110 e. The van der Waals surface area contributed by atoms with Gasteiger partial charge in [0.1, 0.15) is 0 Å². The van der Waals surface area contributed by atoms with E-state index in [0.29, 0.717) is 0 Å². The molecule has 0 aromatic heterocycles. The van der Waals surface area contributed by atoms with Crippen molar-refractivity contribution in [2.45, 2.75) is 70.5 Å². The summed E-state index contributed by atoms with van der Waals surface area (Å²) in [5, 5.41) is 3.43. The number of hydrogen-bond acceptors (Lipinski definition) is 2. The Bertz CT molecular complexity index is 170. The van der Waals surface area contributed by atoms with Crippen molar-refractivity contribution in [3.8, 4) is 0 Å². The highest BCUT2D eigenvalue weighted by molar-refractivity contribution is 4.83. The van der Waals surface area contributed by atoms with Gasteiger partial charge in [-0.25, -0.2) is 0 Å². The second-order valence-electron chi connectivity index (χ2n) is 5.11. The van der Waals surface area contributed by atoms with Crippen LogP contribution in [0.4, 0.5) is 0 Å². The Morgan fingerprint density at radius 1 is 1.40 bits per heavy atom. The molecule has 0 spiro atoms. The van der Waals surface area contributed by atoms with Gasteiger partial charge in [0.2, 0.25) is 0 Å². The Balaban J connectivity index is 2.40. The summed E-state index contributed by atoms with van der Waals surface area (Å²) < 4.78 is 0. The molecule has 1 aliphatic carbocycles. The van der Waals surface area contributed by atoms with Crippen LogP contribution >= 0.6 is 0 Å². The third-order valence-electron chi connectivity index (χ3n) is 4.03. The Labute approximate surface area is 95.4 Å². The minimum absolute atomic E-state index is 0.746. The highest BCUT2D eigenvalue weighted by Gasteiger charge is 2.25. The summed E-state index contributed by atoms with van der Waals surface area (Å²) in [5.41, 5.74) is 0. The summed E-state index contributed by atoms with van der Waals surface area (Å²) in [6.07, 6.45) is 8.11. The molecule has 90 valence electrons. The SMILES string of the molecule is CCCC(C)N(C)C1CCCC(NC)C1. The fraction of sp³-hybridized carbons (Fsp3) is 1.00. The zero-order valence-electron chi connectivity index (χ0n) is 10.9. The Morgan fingerprint density at radius 3 is 2.73 bits per heavy atom. The van der Waals surface area contributed by atoms with Crippen LogP contribution in [0.3, 0.4) is 0 Å².